The summed E-state index contributed by atoms with van der Waals surface area (Å²) in [7, 11) is -4.75. The zero-order valence-corrected chi connectivity index (χ0v) is 47.3. The molecule has 3 unspecified atom stereocenters. The third-order valence-corrected chi connectivity index (χ3v) is 13.7. The van der Waals surface area contributed by atoms with Gasteiger partial charge in [-0.1, -0.05) is 249 Å². The van der Waals surface area contributed by atoms with Crippen LogP contribution in [0.2, 0.25) is 0 Å². The van der Waals surface area contributed by atoms with Crippen LogP contribution in [0, 0.1) is 0 Å². The molecular weight excluding hydrogens is 928 g/mol. The Morgan fingerprint density at radius 1 is 0.403 bits per heavy atom. The number of rotatable bonds is 55. The number of aliphatic hydroxyl groups excluding tert-OH is 1. The first kappa shape index (κ1) is 69.4. The molecule has 2 N–H and O–H groups in total. The number of unbranched alkanes of at least 4 members (excludes halogenated alkanes) is 30. The Kier molecular flexibility index (Phi) is 52.7. The van der Waals surface area contributed by atoms with Crippen LogP contribution in [-0.4, -0.2) is 66.5 Å². The first-order valence-electron chi connectivity index (χ1n) is 29.5. The van der Waals surface area contributed by atoms with Gasteiger partial charge in [0.25, 0.3) is 0 Å². The second-order valence-electron chi connectivity index (χ2n) is 19.8. The fourth-order valence-electron chi connectivity index (χ4n) is 8.29. The van der Waals surface area contributed by atoms with Crippen molar-refractivity contribution < 1.29 is 52.2 Å². The van der Waals surface area contributed by atoms with Crippen LogP contribution in [0.25, 0.3) is 0 Å². The summed E-state index contributed by atoms with van der Waals surface area (Å²) >= 11 is 0. The smallest absolute Gasteiger partial charge is 0.462 e. The van der Waals surface area contributed by atoms with Crippen molar-refractivity contribution in [3.8, 4) is 0 Å². The van der Waals surface area contributed by atoms with E-state index in [0.717, 1.165) is 77.0 Å². The van der Waals surface area contributed by atoms with E-state index in [-0.39, 0.29) is 25.9 Å². The molecule has 0 fully saturated rings. The molecule has 0 aromatic heterocycles. The van der Waals surface area contributed by atoms with E-state index in [4.69, 9.17) is 23.3 Å². The first-order chi connectivity index (χ1) is 35.2. The quantitative estimate of drug-likeness (QED) is 0.0197. The molecule has 0 spiro atoms. The highest BCUT2D eigenvalue weighted by Gasteiger charge is 2.28. The molecule has 0 radical (unpaired) electrons. The van der Waals surface area contributed by atoms with Crippen LogP contribution in [0.5, 0.6) is 0 Å². The largest absolute Gasteiger partial charge is 0.472 e. The number of phosphoric ester groups is 1. The number of allylic oxidation sites excluding steroid dienone is 8. The number of carbonyl (C=O) groups is 3. The van der Waals surface area contributed by atoms with Crippen LogP contribution in [0.15, 0.2) is 48.6 Å². The summed E-state index contributed by atoms with van der Waals surface area (Å²) in [5.41, 5.74) is 0. The van der Waals surface area contributed by atoms with E-state index in [9.17, 15) is 28.9 Å². The fourth-order valence-corrected chi connectivity index (χ4v) is 9.07. The van der Waals surface area contributed by atoms with E-state index < -0.39 is 57.8 Å². The normalized spacial score (nSPS) is 13.7. The third-order valence-electron chi connectivity index (χ3n) is 12.8. The number of ether oxygens (including phenoxy) is 3. The predicted octanol–water partition coefficient (Wildman–Crippen LogP) is 17.4. The highest BCUT2D eigenvalue weighted by Crippen LogP contribution is 2.43. The van der Waals surface area contributed by atoms with Gasteiger partial charge in [-0.15, -0.1) is 0 Å². The average Bonchev–Trinajstić information content (AvgIpc) is 3.37. The Hall–Kier alpha value is -2.56. The molecule has 0 amide bonds. The lowest BCUT2D eigenvalue weighted by Gasteiger charge is -2.21. The molecule has 0 aromatic carbocycles. The van der Waals surface area contributed by atoms with Crippen LogP contribution in [0.3, 0.4) is 0 Å². The molecule has 72 heavy (non-hydrogen) atoms. The molecular formula is C60H109O11P. The maximum Gasteiger partial charge on any atom is 0.472 e. The molecule has 0 saturated carbocycles. The zero-order chi connectivity index (χ0) is 52.7. The van der Waals surface area contributed by atoms with Gasteiger partial charge in [0.05, 0.1) is 19.8 Å². The summed E-state index contributed by atoms with van der Waals surface area (Å²) < 4.78 is 39.5. The third kappa shape index (κ3) is 52.3. The minimum Gasteiger partial charge on any atom is -0.462 e. The first-order valence-corrected chi connectivity index (χ1v) is 31.0. The maximum atomic E-state index is 12.9. The van der Waals surface area contributed by atoms with Gasteiger partial charge < -0.3 is 24.2 Å². The number of esters is 3. The standard InChI is InChI=1S/C60H109O11P/c1-4-7-10-13-16-19-22-25-27-28-30-33-36-39-42-45-48-51-60(64)71-57(53-67-58(62)49-46-43-40-37-34-32-29-26-23-20-17-14-11-8-5-2)55-69-72(65,66)68-54-56(52-61)70-59(63)50-47-44-41-38-35-31-24-21-18-15-12-9-6-3/h8,11,17,20,26,29,34,37,56-57,61H,4-7,9-10,12-16,18-19,21-25,27-28,30-33,35-36,38-55H2,1-3H3,(H,65,66)/b11-8-,20-17-,29-26-,37-34-. The minimum atomic E-state index is -4.75. The Morgan fingerprint density at radius 2 is 0.722 bits per heavy atom. The van der Waals surface area contributed by atoms with Crippen LogP contribution >= 0.6 is 7.82 Å². The van der Waals surface area contributed by atoms with Crippen molar-refractivity contribution in [3.05, 3.63) is 48.6 Å². The highest BCUT2D eigenvalue weighted by atomic mass is 31.2. The van der Waals surface area contributed by atoms with Crippen LogP contribution < -0.4 is 0 Å². The Bertz CT molecular complexity index is 1400. The molecule has 0 aliphatic heterocycles. The SMILES string of the molecule is CC/C=C\C/C=C\C/C=C\C/C=C\CCCCC(=O)OCC(COP(=O)(O)OCC(CO)OC(=O)CCCCCCCCCCCCCCC)OC(=O)CCCCCCCCCCCCCCCCCCC. The van der Waals surface area contributed by atoms with Crippen molar-refractivity contribution in [1.29, 1.82) is 0 Å². The maximum absolute atomic E-state index is 12.9. The summed E-state index contributed by atoms with van der Waals surface area (Å²) in [4.78, 5) is 48.5. The van der Waals surface area contributed by atoms with E-state index in [0.29, 0.717) is 19.3 Å². The molecule has 0 bridgehead atoms. The van der Waals surface area contributed by atoms with Crippen molar-refractivity contribution in [2.24, 2.45) is 0 Å². The Balaban J connectivity index is 4.74. The number of phosphoric acid groups is 1. The van der Waals surface area contributed by atoms with Crippen molar-refractivity contribution in [3.63, 3.8) is 0 Å². The lowest BCUT2D eigenvalue weighted by molar-refractivity contribution is -0.161. The topological polar surface area (TPSA) is 155 Å². The van der Waals surface area contributed by atoms with Gasteiger partial charge in [0, 0.05) is 19.3 Å². The molecule has 0 aliphatic rings. The van der Waals surface area contributed by atoms with Gasteiger partial charge >= 0.3 is 25.7 Å². The molecule has 420 valence electrons. The van der Waals surface area contributed by atoms with Crippen molar-refractivity contribution in [2.75, 3.05) is 26.4 Å². The van der Waals surface area contributed by atoms with E-state index in [1.807, 2.05) is 0 Å². The molecule has 11 nitrogen and oxygen atoms in total. The summed E-state index contributed by atoms with van der Waals surface area (Å²) in [6, 6.07) is 0. The predicted molar refractivity (Wildman–Crippen MR) is 298 cm³/mol. The van der Waals surface area contributed by atoms with Crippen molar-refractivity contribution >= 4 is 25.7 Å². The molecule has 0 aliphatic carbocycles. The molecule has 0 heterocycles. The van der Waals surface area contributed by atoms with Gasteiger partial charge in [-0.25, -0.2) is 4.57 Å². The minimum absolute atomic E-state index is 0.163. The van der Waals surface area contributed by atoms with Gasteiger partial charge in [-0.3, -0.25) is 23.4 Å². The lowest BCUT2D eigenvalue weighted by Crippen LogP contribution is -2.30. The fraction of sp³-hybridized carbons (Fsp3) is 0.817. The van der Waals surface area contributed by atoms with Gasteiger partial charge in [0.1, 0.15) is 12.7 Å². The van der Waals surface area contributed by atoms with Crippen LogP contribution in [-0.2, 0) is 42.2 Å². The molecule has 0 rings (SSSR count). The summed E-state index contributed by atoms with van der Waals surface area (Å²) in [5, 5.41) is 9.81. The van der Waals surface area contributed by atoms with Gasteiger partial charge in [0.2, 0.25) is 0 Å². The van der Waals surface area contributed by atoms with Crippen LogP contribution in [0.1, 0.15) is 278 Å². The van der Waals surface area contributed by atoms with Gasteiger partial charge in [0.15, 0.2) is 6.10 Å². The molecule has 0 aromatic rings. The molecule has 3 atom stereocenters. The number of hydrogen-bond acceptors (Lipinski definition) is 10. The summed E-state index contributed by atoms with van der Waals surface area (Å²) in [6.45, 7) is 4.53. The van der Waals surface area contributed by atoms with Gasteiger partial charge in [-0.05, 0) is 57.8 Å². The van der Waals surface area contributed by atoms with E-state index in [1.165, 1.54) is 141 Å². The van der Waals surface area contributed by atoms with Gasteiger partial charge in [-0.2, -0.15) is 0 Å². The second-order valence-corrected chi connectivity index (χ2v) is 21.2. The van der Waals surface area contributed by atoms with E-state index in [1.54, 1.807) is 0 Å². The van der Waals surface area contributed by atoms with Crippen molar-refractivity contribution in [1.82, 2.24) is 0 Å². The second kappa shape index (κ2) is 54.7. The lowest BCUT2D eigenvalue weighted by atomic mass is 10.0. The Labute approximate surface area is 441 Å². The highest BCUT2D eigenvalue weighted by molar-refractivity contribution is 7.47. The van der Waals surface area contributed by atoms with E-state index in [2.05, 4.69) is 69.4 Å². The zero-order valence-electron chi connectivity index (χ0n) is 46.4. The monoisotopic (exact) mass is 1040 g/mol. The average molecular weight is 1040 g/mol. The number of aliphatic hydroxyl groups is 1. The summed E-state index contributed by atoms with van der Waals surface area (Å²) in [5.74, 6) is -1.50. The Morgan fingerprint density at radius 3 is 1.11 bits per heavy atom. The van der Waals surface area contributed by atoms with E-state index >= 15 is 0 Å². The molecule has 0 saturated heterocycles. The number of carbonyl (C=O) groups excluding carboxylic acids is 3. The van der Waals surface area contributed by atoms with Crippen molar-refractivity contribution in [2.45, 2.75) is 290 Å². The summed E-state index contributed by atoms with van der Waals surface area (Å²) in [6.07, 6.45) is 57.9. The number of hydrogen-bond donors (Lipinski definition) is 2. The molecule has 12 heteroatoms. The van der Waals surface area contributed by atoms with Crippen LogP contribution in [0.4, 0.5) is 0 Å².